The Hall–Kier alpha value is -2.59. The normalized spacial score (nSPS) is 17.9. The van der Waals surface area contributed by atoms with Gasteiger partial charge >= 0.3 is 12.2 Å². The lowest BCUT2D eigenvalue weighted by molar-refractivity contribution is 0.0153. The molecule has 2 saturated heterocycles. The van der Waals surface area contributed by atoms with E-state index in [0.717, 1.165) is 26.2 Å². The summed E-state index contributed by atoms with van der Waals surface area (Å²) in [6.07, 6.45) is 6.02. The Kier molecular flexibility index (Phi) is 21.6. The van der Waals surface area contributed by atoms with Crippen LogP contribution in [0.1, 0.15) is 92.9 Å². The minimum Gasteiger partial charge on any atom is -0.444 e. The van der Waals surface area contributed by atoms with Gasteiger partial charge in [-0.15, -0.1) is 0 Å². The van der Waals surface area contributed by atoms with Crippen molar-refractivity contribution in [3.8, 4) is 0 Å². The van der Waals surface area contributed by atoms with Crippen LogP contribution < -0.4 is 5.73 Å². The molecule has 4 N–H and O–H groups in total. The maximum Gasteiger partial charge on any atom is 0.410 e. The SMILES string of the molecule is CN(CCC(Cl)=NOCC(O)CN1CCCCC1)C(=O)OC(C)(C)C.CN(CCC(N)=NOCC(O)CN1CCCCC1)C(=O)OC(C)(C)C. The Labute approximate surface area is 305 Å². The molecule has 2 fully saturated rings. The highest BCUT2D eigenvalue weighted by Gasteiger charge is 2.21. The van der Waals surface area contributed by atoms with E-state index in [1.807, 2.05) is 41.5 Å². The van der Waals surface area contributed by atoms with Crippen molar-refractivity contribution in [3.63, 3.8) is 0 Å². The number of amidine groups is 1. The molecule has 292 valence electrons. The lowest BCUT2D eigenvalue weighted by Gasteiger charge is -2.28. The van der Waals surface area contributed by atoms with Crippen LogP contribution in [0.5, 0.6) is 0 Å². The second-order valence-corrected chi connectivity index (χ2v) is 15.4. The molecule has 0 aromatic rings. The summed E-state index contributed by atoms with van der Waals surface area (Å²) in [4.78, 5) is 41.2. The molecular weight excluding hydrogens is 670 g/mol. The lowest BCUT2D eigenvalue weighted by Crippen LogP contribution is -2.38. The van der Waals surface area contributed by atoms with Gasteiger partial charge in [0.05, 0.1) is 0 Å². The highest BCUT2D eigenvalue weighted by atomic mass is 35.5. The van der Waals surface area contributed by atoms with Gasteiger partial charge in [0, 0.05) is 53.1 Å². The van der Waals surface area contributed by atoms with E-state index in [0.29, 0.717) is 39.0 Å². The fourth-order valence-corrected chi connectivity index (χ4v) is 5.01. The van der Waals surface area contributed by atoms with Crippen LogP contribution in [0.2, 0.25) is 0 Å². The highest BCUT2D eigenvalue weighted by Crippen LogP contribution is 2.12. The predicted octanol–water partition coefficient (Wildman–Crippen LogP) is 4.04. The Morgan fingerprint density at radius 3 is 1.50 bits per heavy atom. The van der Waals surface area contributed by atoms with Crippen molar-refractivity contribution < 1.29 is 39.0 Å². The van der Waals surface area contributed by atoms with E-state index < -0.39 is 35.6 Å². The summed E-state index contributed by atoms with van der Waals surface area (Å²) in [6.45, 7) is 17.2. The molecule has 2 unspecified atom stereocenters. The number of aliphatic hydroxyl groups is 2. The van der Waals surface area contributed by atoms with Crippen LogP contribution in [0.3, 0.4) is 0 Å². The monoisotopic (exact) mass is 735 g/mol. The second-order valence-electron chi connectivity index (χ2n) is 15.0. The first kappa shape index (κ1) is 45.4. The molecule has 15 nitrogen and oxygen atoms in total. The van der Waals surface area contributed by atoms with Crippen LogP contribution in [0, 0.1) is 0 Å². The van der Waals surface area contributed by atoms with Crippen LogP contribution in [0.15, 0.2) is 10.3 Å². The second kappa shape index (κ2) is 23.8. The molecule has 2 heterocycles. The van der Waals surface area contributed by atoms with Gasteiger partial charge in [-0.05, 0) is 93.4 Å². The average Bonchev–Trinajstić information content (AvgIpc) is 3.02. The van der Waals surface area contributed by atoms with Crippen LogP contribution in [0.25, 0.3) is 0 Å². The molecule has 0 aromatic heterocycles. The molecule has 16 heteroatoms. The number of rotatable bonds is 16. The summed E-state index contributed by atoms with van der Waals surface area (Å²) in [6, 6.07) is 0. The summed E-state index contributed by atoms with van der Waals surface area (Å²) in [5.41, 5.74) is 4.71. The Balaban J connectivity index is 0.000000500. The number of aliphatic hydroxyl groups excluding tert-OH is 2. The molecule has 2 aliphatic heterocycles. The number of hydrogen-bond donors (Lipinski definition) is 3. The molecule has 2 amide bonds. The topological polar surface area (TPSA) is 175 Å². The standard InChI is InChI=1S/C17H32ClN3O4.C17H34N4O4/c2*1-17(2,3)25-16(23)20(4)11-8-15(18)19-24-13-14(22)12-21-9-6-5-7-10-21/h14,22H,5-13H2,1-4H3;14,22H,5-13H2,1-4H3,(H2,18,19). The number of oxime groups is 2. The van der Waals surface area contributed by atoms with Crippen LogP contribution >= 0.6 is 11.6 Å². The molecule has 2 aliphatic rings. The van der Waals surface area contributed by atoms with Crippen molar-refractivity contribution in [2.75, 3.05) is 79.7 Å². The van der Waals surface area contributed by atoms with E-state index in [1.54, 1.807) is 14.1 Å². The molecule has 50 heavy (non-hydrogen) atoms. The van der Waals surface area contributed by atoms with Crippen molar-refractivity contribution in [3.05, 3.63) is 0 Å². The van der Waals surface area contributed by atoms with E-state index in [9.17, 15) is 19.8 Å². The number of amides is 2. The number of halogens is 1. The van der Waals surface area contributed by atoms with Crippen molar-refractivity contribution in [2.45, 2.75) is 116 Å². The Bertz CT molecular complexity index is 946. The van der Waals surface area contributed by atoms with Gasteiger partial charge in [-0.1, -0.05) is 34.8 Å². The Morgan fingerprint density at radius 1 is 0.720 bits per heavy atom. The number of nitrogens with two attached hydrogens (primary N) is 1. The van der Waals surface area contributed by atoms with Gasteiger partial charge in [-0.25, -0.2) is 9.59 Å². The quantitative estimate of drug-likeness (QED) is 0.119. The molecule has 2 atom stereocenters. The van der Waals surface area contributed by atoms with Gasteiger partial charge in [-0.3, -0.25) is 0 Å². The number of carbonyl (C=O) groups excluding carboxylic acids is 2. The number of β-amino-alcohol motifs (C(OH)–C–C–N with tert-alkyl or cyclic N) is 2. The molecular formula is C34H66ClN7O8. The molecule has 0 bridgehead atoms. The van der Waals surface area contributed by atoms with Crippen molar-refractivity contribution >= 4 is 34.8 Å². The Morgan fingerprint density at radius 2 is 1.10 bits per heavy atom. The van der Waals surface area contributed by atoms with Crippen molar-refractivity contribution in [1.82, 2.24) is 19.6 Å². The highest BCUT2D eigenvalue weighted by molar-refractivity contribution is 6.65. The number of carbonyl (C=O) groups is 2. The van der Waals surface area contributed by atoms with Crippen LogP contribution in [-0.2, 0) is 19.1 Å². The molecule has 0 aromatic carbocycles. The summed E-state index contributed by atoms with van der Waals surface area (Å²) < 4.78 is 10.5. The first-order valence-electron chi connectivity index (χ1n) is 17.8. The molecule has 2 rings (SSSR count). The number of hydrogen-bond acceptors (Lipinski definition) is 12. The summed E-state index contributed by atoms with van der Waals surface area (Å²) in [5, 5.41) is 27.8. The number of likely N-dealkylation sites (tertiary alicyclic amines) is 2. The van der Waals surface area contributed by atoms with Crippen LogP contribution in [0.4, 0.5) is 9.59 Å². The molecule has 0 radical (unpaired) electrons. The summed E-state index contributed by atoms with van der Waals surface area (Å²) in [5.74, 6) is 0.278. The van der Waals surface area contributed by atoms with Crippen molar-refractivity contribution in [2.24, 2.45) is 16.0 Å². The lowest BCUT2D eigenvalue weighted by atomic mass is 10.1. The third kappa shape index (κ3) is 23.7. The zero-order valence-electron chi connectivity index (χ0n) is 31.9. The van der Waals surface area contributed by atoms with Gasteiger partial charge < -0.3 is 54.7 Å². The third-order valence-corrected chi connectivity index (χ3v) is 7.74. The predicted molar refractivity (Wildman–Crippen MR) is 196 cm³/mol. The zero-order valence-corrected chi connectivity index (χ0v) is 32.6. The minimum absolute atomic E-state index is 0.106. The van der Waals surface area contributed by atoms with Gasteiger partial charge in [0.2, 0.25) is 0 Å². The van der Waals surface area contributed by atoms with E-state index in [2.05, 4.69) is 20.1 Å². The molecule has 0 spiro atoms. The van der Waals surface area contributed by atoms with Gasteiger partial charge in [0.15, 0.2) is 0 Å². The zero-order chi connectivity index (χ0) is 37.7. The van der Waals surface area contributed by atoms with Gasteiger partial charge in [-0.2, -0.15) is 0 Å². The van der Waals surface area contributed by atoms with E-state index in [4.69, 9.17) is 36.5 Å². The number of piperidine rings is 2. The van der Waals surface area contributed by atoms with Gasteiger partial charge in [0.1, 0.15) is 47.6 Å². The first-order chi connectivity index (χ1) is 23.3. The average molecular weight is 736 g/mol. The maximum atomic E-state index is 11.8. The fraction of sp³-hybridized carbons (Fsp3) is 0.882. The molecule has 0 saturated carbocycles. The number of nitrogens with zero attached hydrogens (tertiary/aromatic N) is 6. The van der Waals surface area contributed by atoms with Crippen LogP contribution in [-0.4, -0.2) is 156 Å². The first-order valence-corrected chi connectivity index (χ1v) is 18.2. The van der Waals surface area contributed by atoms with Gasteiger partial charge in [0.25, 0.3) is 0 Å². The minimum atomic E-state index is -0.587. The van der Waals surface area contributed by atoms with E-state index >= 15 is 0 Å². The smallest absolute Gasteiger partial charge is 0.410 e. The largest absolute Gasteiger partial charge is 0.444 e. The van der Waals surface area contributed by atoms with Crippen molar-refractivity contribution in [1.29, 1.82) is 0 Å². The maximum absolute atomic E-state index is 11.8. The third-order valence-electron chi connectivity index (χ3n) is 7.48. The number of ether oxygens (including phenoxy) is 2. The summed E-state index contributed by atoms with van der Waals surface area (Å²) >= 11 is 5.99. The summed E-state index contributed by atoms with van der Waals surface area (Å²) in [7, 11) is 3.28. The van der Waals surface area contributed by atoms with E-state index in [1.165, 1.54) is 48.3 Å². The molecule has 0 aliphatic carbocycles. The van der Waals surface area contributed by atoms with E-state index in [-0.39, 0.29) is 24.2 Å². The fourth-order valence-electron chi connectivity index (χ4n) is 4.88.